The van der Waals surface area contributed by atoms with Gasteiger partial charge in [0.2, 0.25) is 10.0 Å². The van der Waals surface area contributed by atoms with Crippen molar-refractivity contribution in [3.63, 3.8) is 0 Å². The monoisotopic (exact) mass is 305 g/mol. The number of halogens is 1. The third-order valence-electron chi connectivity index (χ3n) is 2.10. The van der Waals surface area contributed by atoms with Crippen molar-refractivity contribution in [1.29, 1.82) is 0 Å². The molecule has 0 heterocycles. The predicted molar refractivity (Wildman–Crippen MR) is 75.3 cm³/mol. The molecule has 0 saturated heterocycles. The van der Waals surface area contributed by atoms with Crippen molar-refractivity contribution in [2.45, 2.75) is 20.8 Å². The number of aromatic carboxylic acids is 1. The Bertz CT molecular complexity index is 590. The van der Waals surface area contributed by atoms with E-state index in [1.807, 2.05) is 0 Å². The van der Waals surface area contributed by atoms with Crippen LogP contribution >= 0.6 is 11.6 Å². The normalized spacial score (nSPS) is 12.2. The Labute approximate surface area is 117 Å². The molecule has 0 saturated carbocycles. The summed E-state index contributed by atoms with van der Waals surface area (Å²) in [5, 5.41) is 9.02. The average Bonchev–Trinajstić information content (AvgIpc) is 2.16. The van der Waals surface area contributed by atoms with Gasteiger partial charge in [-0.2, -0.15) is 0 Å². The zero-order chi connectivity index (χ0) is 14.8. The van der Waals surface area contributed by atoms with Gasteiger partial charge in [0, 0.05) is 0 Å². The van der Waals surface area contributed by atoms with Crippen molar-refractivity contribution in [2.24, 2.45) is 5.41 Å². The number of anilines is 1. The molecule has 0 fully saturated rings. The first-order valence-electron chi connectivity index (χ1n) is 5.53. The first-order valence-corrected chi connectivity index (χ1v) is 7.56. The van der Waals surface area contributed by atoms with Gasteiger partial charge in [-0.1, -0.05) is 32.4 Å². The van der Waals surface area contributed by atoms with Crippen LogP contribution in [0.3, 0.4) is 0 Å². The third-order valence-corrected chi connectivity index (χ3v) is 4.21. The number of hydrogen-bond donors (Lipinski definition) is 2. The zero-order valence-electron chi connectivity index (χ0n) is 10.9. The molecule has 0 radical (unpaired) electrons. The van der Waals surface area contributed by atoms with Crippen molar-refractivity contribution in [1.82, 2.24) is 0 Å². The van der Waals surface area contributed by atoms with Crippen molar-refractivity contribution in [3.8, 4) is 0 Å². The molecule has 0 aliphatic carbocycles. The number of carbonyl (C=O) groups is 1. The van der Waals surface area contributed by atoms with E-state index in [1.165, 1.54) is 18.2 Å². The maximum absolute atomic E-state index is 11.9. The lowest BCUT2D eigenvalue weighted by Gasteiger charge is -2.19. The summed E-state index contributed by atoms with van der Waals surface area (Å²) < 4.78 is 26.2. The van der Waals surface area contributed by atoms with Crippen molar-refractivity contribution >= 4 is 33.3 Å². The second kappa shape index (κ2) is 5.38. The number of nitrogens with one attached hydrogen (secondary N) is 1. The molecular formula is C12H16ClNO4S. The lowest BCUT2D eigenvalue weighted by atomic mass is 10.0. The largest absolute Gasteiger partial charge is 0.478 e. The van der Waals surface area contributed by atoms with E-state index in [4.69, 9.17) is 16.7 Å². The van der Waals surface area contributed by atoms with E-state index in [-0.39, 0.29) is 22.0 Å². The maximum Gasteiger partial charge on any atom is 0.335 e. The Morgan fingerprint density at radius 3 is 2.42 bits per heavy atom. The molecule has 0 bridgehead atoms. The summed E-state index contributed by atoms with van der Waals surface area (Å²) >= 11 is 5.86. The highest BCUT2D eigenvalue weighted by molar-refractivity contribution is 7.92. The molecular weight excluding hydrogens is 290 g/mol. The molecule has 0 amide bonds. The van der Waals surface area contributed by atoms with E-state index in [0.717, 1.165) is 0 Å². The second-order valence-corrected chi connectivity index (χ2v) is 7.55. The van der Waals surface area contributed by atoms with Gasteiger partial charge in [-0.15, -0.1) is 0 Å². The van der Waals surface area contributed by atoms with Gasteiger partial charge in [0.05, 0.1) is 22.0 Å². The van der Waals surface area contributed by atoms with Crippen LogP contribution in [0.1, 0.15) is 31.1 Å². The molecule has 0 aromatic heterocycles. The van der Waals surface area contributed by atoms with Crippen LogP contribution in [0.2, 0.25) is 5.02 Å². The van der Waals surface area contributed by atoms with Crippen LogP contribution in [-0.2, 0) is 10.0 Å². The van der Waals surface area contributed by atoms with Crippen molar-refractivity contribution < 1.29 is 18.3 Å². The number of sulfonamides is 1. The van der Waals surface area contributed by atoms with Gasteiger partial charge in [-0.05, 0) is 23.6 Å². The summed E-state index contributed by atoms with van der Waals surface area (Å²) in [5.74, 6) is -1.24. The predicted octanol–water partition coefficient (Wildman–Crippen LogP) is 2.83. The van der Waals surface area contributed by atoms with Crippen LogP contribution in [0.4, 0.5) is 5.69 Å². The summed E-state index contributed by atoms with van der Waals surface area (Å²) in [5.41, 5.74) is -0.369. The van der Waals surface area contributed by atoms with Crippen LogP contribution < -0.4 is 4.72 Å². The van der Waals surface area contributed by atoms with Gasteiger partial charge in [0.25, 0.3) is 0 Å². The lowest BCUT2D eigenvalue weighted by molar-refractivity contribution is 0.0697. The van der Waals surface area contributed by atoms with E-state index in [0.29, 0.717) is 0 Å². The number of rotatable bonds is 4. The summed E-state index contributed by atoms with van der Waals surface area (Å²) in [4.78, 5) is 10.8. The smallest absolute Gasteiger partial charge is 0.335 e. The van der Waals surface area contributed by atoms with Crippen LogP contribution in [0.5, 0.6) is 0 Å². The summed E-state index contributed by atoms with van der Waals surface area (Å²) in [6.45, 7) is 5.38. The molecule has 5 nitrogen and oxygen atoms in total. The quantitative estimate of drug-likeness (QED) is 0.896. The first-order chi connectivity index (χ1) is 8.50. The molecule has 0 aliphatic rings. The first kappa shape index (κ1) is 15.8. The van der Waals surface area contributed by atoms with Crippen molar-refractivity contribution in [3.05, 3.63) is 28.8 Å². The van der Waals surface area contributed by atoms with Crippen LogP contribution in [0, 0.1) is 5.41 Å². The van der Waals surface area contributed by atoms with Crippen LogP contribution in [0.25, 0.3) is 0 Å². The Morgan fingerprint density at radius 1 is 1.37 bits per heavy atom. The Balaban J connectivity index is 3.05. The number of benzene rings is 1. The molecule has 0 spiro atoms. The number of carboxylic acids is 1. The molecule has 1 aromatic rings. The fourth-order valence-electron chi connectivity index (χ4n) is 1.51. The minimum absolute atomic E-state index is 0.0298. The molecule has 0 aliphatic heterocycles. The second-order valence-electron chi connectivity index (χ2n) is 5.42. The highest BCUT2D eigenvalue weighted by Gasteiger charge is 2.22. The molecule has 1 rings (SSSR count). The average molecular weight is 306 g/mol. The zero-order valence-corrected chi connectivity index (χ0v) is 12.5. The van der Waals surface area contributed by atoms with E-state index in [1.54, 1.807) is 20.8 Å². The molecule has 19 heavy (non-hydrogen) atoms. The SMILES string of the molecule is CC(C)(C)CS(=O)(=O)Nc1cc(C(=O)O)ccc1Cl. The van der Waals surface area contributed by atoms with Crippen molar-refractivity contribution in [2.75, 3.05) is 10.5 Å². The lowest BCUT2D eigenvalue weighted by Crippen LogP contribution is -2.26. The Kier molecular flexibility index (Phi) is 4.47. The summed E-state index contributed by atoms with van der Waals surface area (Å²) in [6.07, 6.45) is 0. The van der Waals surface area contributed by atoms with Gasteiger partial charge < -0.3 is 5.11 Å². The van der Waals surface area contributed by atoms with Gasteiger partial charge in [-0.25, -0.2) is 13.2 Å². The number of carboxylic acid groups (broad SMARTS) is 1. The highest BCUT2D eigenvalue weighted by Crippen LogP contribution is 2.26. The maximum atomic E-state index is 11.9. The molecule has 0 unspecified atom stereocenters. The Hall–Kier alpha value is -1.27. The molecule has 7 heteroatoms. The fourth-order valence-corrected chi connectivity index (χ4v) is 3.45. The van der Waals surface area contributed by atoms with E-state index < -0.39 is 21.4 Å². The minimum atomic E-state index is -3.58. The molecule has 1 aromatic carbocycles. The summed E-state index contributed by atoms with van der Waals surface area (Å²) in [6, 6.07) is 3.86. The van der Waals surface area contributed by atoms with Gasteiger partial charge in [-0.3, -0.25) is 4.72 Å². The Morgan fingerprint density at radius 2 is 1.95 bits per heavy atom. The minimum Gasteiger partial charge on any atom is -0.478 e. The molecule has 2 N–H and O–H groups in total. The highest BCUT2D eigenvalue weighted by atomic mass is 35.5. The summed E-state index contributed by atoms with van der Waals surface area (Å²) in [7, 11) is -3.58. The molecule has 106 valence electrons. The van der Waals surface area contributed by atoms with Gasteiger partial charge in [0.1, 0.15) is 0 Å². The molecule has 0 atom stereocenters. The standard InChI is InChI=1S/C12H16ClNO4S/c1-12(2,3)7-19(17,18)14-10-6-8(11(15)16)4-5-9(10)13/h4-6,14H,7H2,1-3H3,(H,15,16). The third kappa shape index (κ3) is 5.08. The topological polar surface area (TPSA) is 83.5 Å². The van der Waals surface area contributed by atoms with E-state index >= 15 is 0 Å². The van der Waals surface area contributed by atoms with Crippen LogP contribution in [-0.4, -0.2) is 25.2 Å². The van der Waals surface area contributed by atoms with E-state index in [2.05, 4.69) is 4.72 Å². The number of hydrogen-bond acceptors (Lipinski definition) is 3. The van der Waals surface area contributed by atoms with Gasteiger partial charge >= 0.3 is 5.97 Å². The van der Waals surface area contributed by atoms with Gasteiger partial charge in [0.15, 0.2) is 0 Å². The van der Waals surface area contributed by atoms with Crippen LogP contribution in [0.15, 0.2) is 18.2 Å². The van der Waals surface area contributed by atoms with E-state index in [9.17, 15) is 13.2 Å². The fraction of sp³-hybridized carbons (Fsp3) is 0.417.